The Labute approximate surface area is 199 Å². The first kappa shape index (κ1) is 24.2. The number of benzene rings is 2. The van der Waals surface area contributed by atoms with Crippen LogP contribution in [0, 0.1) is 0 Å². The van der Waals surface area contributed by atoms with Crippen molar-refractivity contribution in [1.29, 1.82) is 0 Å². The molecule has 1 aromatic heterocycles. The fourth-order valence-corrected chi connectivity index (χ4v) is 3.96. The van der Waals surface area contributed by atoms with Gasteiger partial charge in [-0.25, -0.2) is 0 Å². The number of rotatable bonds is 6. The van der Waals surface area contributed by atoms with Crippen molar-refractivity contribution in [2.45, 2.75) is 19.1 Å². The maximum Gasteiger partial charge on any atom is 0.416 e. The van der Waals surface area contributed by atoms with Crippen LogP contribution in [-0.2, 0) is 11.0 Å². The zero-order chi connectivity index (χ0) is 24.3. The lowest BCUT2D eigenvalue weighted by Crippen LogP contribution is -2.49. The molecule has 1 amide bonds. The number of nitrogens with one attached hydrogen (secondary N) is 1. The first-order chi connectivity index (χ1) is 16.2. The van der Waals surface area contributed by atoms with E-state index in [9.17, 15) is 18.0 Å². The van der Waals surface area contributed by atoms with E-state index in [1.807, 2.05) is 11.8 Å². The normalized spacial score (nSPS) is 16.4. The molecule has 0 spiro atoms. The molecule has 11 heteroatoms. The van der Waals surface area contributed by atoms with E-state index in [-0.39, 0.29) is 29.9 Å². The van der Waals surface area contributed by atoms with Crippen molar-refractivity contribution in [1.82, 2.24) is 19.9 Å². The Kier molecular flexibility index (Phi) is 7.20. The Hall–Kier alpha value is -2.95. The van der Waals surface area contributed by atoms with Crippen LogP contribution in [0.15, 0.2) is 53.1 Å². The van der Waals surface area contributed by atoms with Crippen LogP contribution in [0.2, 0.25) is 5.02 Å². The van der Waals surface area contributed by atoms with E-state index in [1.54, 1.807) is 24.3 Å². The molecule has 0 aliphatic carbocycles. The van der Waals surface area contributed by atoms with E-state index >= 15 is 0 Å². The predicted octanol–water partition coefficient (Wildman–Crippen LogP) is 4.73. The Morgan fingerprint density at radius 2 is 1.88 bits per heavy atom. The molecule has 2 aromatic carbocycles. The molecular formula is C23H23ClF3N5O2. The van der Waals surface area contributed by atoms with Gasteiger partial charge in [-0.3, -0.25) is 14.6 Å². The van der Waals surface area contributed by atoms with Crippen LogP contribution in [-0.4, -0.2) is 58.6 Å². The van der Waals surface area contributed by atoms with Crippen molar-refractivity contribution in [3.8, 4) is 11.4 Å². The molecule has 1 N–H and O–H groups in total. The summed E-state index contributed by atoms with van der Waals surface area (Å²) in [6.45, 7) is 4.81. The van der Waals surface area contributed by atoms with E-state index in [1.165, 1.54) is 12.1 Å². The van der Waals surface area contributed by atoms with Crippen LogP contribution in [0.25, 0.3) is 11.4 Å². The molecule has 1 atom stereocenters. The smallest absolute Gasteiger partial charge is 0.337 e. The first-order valence-electron chi connectivity index (χ1n) is 10.7. The summed E-state index contributed by atoms with van der Waals surface area (Å²) < 4.78 is 44.3. The van der Waals surface area contributed by atoms with Gasteiger partial charge in [0.1, 0.15) is 0 Å². The van der Waals surface area contributed by atoms with Gasteiger partial charge in [-0.15, -0.1) is 0 Å². The number of aromatic nitrogens is 2. The zero-order valence-electron chi connectivity index (χ0n) is 18.3. The number of hydrogen-bond acceptors (Lipinski definition) is 6. The monoisotopic (exact) mass is 493 g/mol. The highest BCUT2D eigenvalue weighted by Crippen LogP contribution is 2.32. The summed E-state index contributed by atoms with van der Waals surface area (Å²) in [5.74, 6) is 0.303. The van der Waals surface area contributed by atoms with Crippen LogP contribution in [0.5, 0.6) is 0 Å². The quantitative estimate of drug-likeness (QED) is 0.535. The fraction of sp³-hybridized carbons (Fsp3) is 0.348. The molecular weight excluding hydrogens is 471 g/mol. The van der Waals surface area contributed by atoms with Gasteiger partial charge in [0.15, 0.2) is 0 Å². The van der Waals surface area contributed by atoms with Gasteiger partial charge < -0.3 is 9.84 Å². The topological polar surface area (TPSA) is 74.5 Å². The number of piperazine rings is 1. The molecule has 1 fully saturated rings. The third kappa shape index (κ3) is 5.75. The van der Waals surface area contributed by atoms with Gasteiger partial charge in [0.05, 0.1) is 28.9 Å². The number of anilines is 1. The standard InChI is InChI=1S/C23H23ClF3N5O2/c1-15(22-29-21(30-34-22)16-5-4-6-17(13-16)23(25,26)27)32-11-9-31(10-12-32)14-20(33)28-19-8-3-2-7-18(19)24/h2-8,13,15H,9-12,14H2,1H3,(H,28,33)/t15-/m0/s1. The molecule has 34 heavy (non-hydrogen) atoms. The second kappa shape index (κ2) is 10.1. The Bertz CT molecular complexity index is 1150. The molecule has 0 saturated carbocycles. The van der Waals surface area contributed by atoms with Gasteiger partial charge >= 0.3 is 6.18 Å². The highest BCUT2D eigenvalue weighted by atomic mass is 35.5. The number of carbonyl (C=O) groups is 1. The van der Waals surface area contributed by atoms with Crippen LogP contribution in [0.4, 0.5) is 18.9 Å². The summed E-state index contributed by atoms with van der Waals surface area (Å²) in [7, 11) is 0. The Balaban J connectivity index is 1.32. The van der Waals surface area contributed by atoms with Crippen molar-refractivity contribution in [2.75, 3.05) is 38.0 Å². The highest BCUT2D eigenvalue weighted by molar-refractivity contribution is 6.33. The maximum absolute atomic E-state index is 13.0. The van der Waals surface area contributed by atoms with Gasteiger partial charge in [-0.1, -0.05) is 41.0 Å². The summed E-state index contributed by atoms with van der Waals surface area (Å²) in [6.07, 6.45) is -4.44. The molecule has 0 bridgehead atoms. The number of carbonyl (C=O) groups excluding carboxylic acids is 1. The van der Waals surface area contributed by atoms with Crippen molar-refractivity contribution in [3.63, 3.8) is 0 Å². The SMILES string of the molecule is C[C@@H](c1nc(-c2cccc(C(F)(F)F)c2)no1)N1CCN(CC(=O)Nc2ccccc2Cl)CC1. The second-order valence-corrected chi connectivity index (χ2v) is 8.46. The average Bonchev–Trinajstić information content (AvgIpc) is 3.31. The summed E-state index contributed by atoms with van der Waals surface area (Å²) in [4.78, 5) is 20.9. The summed E-state index contributed by atoms with van der Waals surface area (Å²) >= 11 is 6.09. The van der Waals surface area contributed by atoms with Crippen LogP contribution >= 0.6 is 11.6 Å². The maximum atomic E-state index is 13.0. The van der Waals surface area contributed by atoms with Gasteiger partial charge in [-0.05, 0) is 31.2 Å². The van der Waals surface area contributed by atoms with Crippen molar-refractivity contribution < 1.29 is 22.5 Å². The van der Waals surface area contributed by atoms with Gasteiger partial charge in [0.25, 0.3) is 0 Å². The van der Waals surface area contributed by atoms with Crippen molar-refractivity contribution in [2.24, 2.45) is 0 Å². The molecule has 1 aliphatic rings. The predicted molar refractivity (Wildman–Crippen MR) is 121 cm³/mol. The summed E-state index contributed by atoms with van der Waals surface area (Å²) in [5, 5.41) is 7.18. The molecule has 4 rings (SSSR count). The van der Waals surface area contributed by atoms with Crippen LogP contribution < -0.4 is 5.32 Å². The molecule has 1 saturated heterocycles. The third-order valence-corrected chi connectivity index (χ3v) is 6.05. The lowest BCUT2D eigenvalue weighted by Gasteiger charge is -2.36. The minimum absolute atomic E-state index is 0.114. The lowest BCUT2D eigenvalue weighted by molar-refractivity contribution is -0.137. The van der Waals surface area contributed by atoms with E-state index in [4.69, 9.17) is 16.1 Å². The van der Waals surface area contributed by atoms with E-state index in [2.05, 4.69) is 20.4 Å². The van der Waals surface area contributed by atoms with Gasteiger partial charge in [0.2, 0.25) is 17.6 Å². The van der Waals surface area contributed by atoms with Crippen molar-refractivity contribution in [3.05, 3.63) is 65.0 Å². The number of para-hydroxylation sites is 1. The molecule has 3 aromatic rings. The number of alkyl halides is 3. The fourth-order valence-electron chi connectivity index (χ4n) is 3.78. The summed E-state index contributed by atoms with van der Waals surface area (Å²) in [6, 6.07) is 11.7. The molecule has 180 valence electrons. The van der Waals surface area contributed by atoms with Crippen LogP contribution in [0.1, 0.15) is 24.4 Å². The number of amides is 1. The second-order valence-electron chi connectivity index (χ2n) is 8.05. The molecule has 1 aliphatic heterocycles. The third-order valence-electron chi connectivity index (χ3n) is 5.72. The molecule has 0 unspecified atom stereocenters. The average molecular weight is 494 g/mol. The Morgan fingerprint density at radius 3 is 2.59 bits per heavy atom. The molecule has 0 radical (unpaired) electrons. The zero-order valence-corrected chi connectivity index (χ0v) is 19.1. The highest BCUT2D eigenvalue weighted by Gasteiger charge is 2.31. The largest absolute Gasteiger partial charge is 0.416 e. The lowest BCUT2D eigenvalue weighted by atomic mass is 10.1. The van der Waals surface area contributed by atoms with E-state index < -0.39 is 11.7 Å². The molecule has 7 nitrogen and oxygen atoms in total. The van der Waals surface area contributed by atoms with Gasteiger partial charge in [-0.2, -0.15) is 18.2 Å². The summed E-state index contributed by atoms with van der Waals surface area (Å²) in [5.41, 5.74) is 0.0554. The number of nitrogens with zero attached hydrogens (tertiary/aromatic N) is 4. The van der Waals surface area contributed by atoms with Crippen molar-refractivity contribution >= 4 is 23.2 Å². The number of halogens is 4. The minimum Gasteiger partial charge on any atom is -0.337 e. The van der Waals surface area contributed by atoms with E-state index in [0.29, 0.717) is 42.8 Å². The Morgan fingerprint density at radius 1 is 1.15 bits per heavy atom. The first-order valence-corrected chi connectivity index (χ1v) is 11.1. The number of hydrogen-bond donors (Lipinski definition) is 1. The van der Waals surface area contributed by atoms with Gasteiger partial charge in [0, 0.05) is 31.7 Å². The van der Waals surface area contributed by atoms with Crippen LogP contribution in [0.3, 0.4) is 0 Å². The minimum atomic E-state index is -4.44. The molecule has 2 heterocycles. The van der Waals surface area contributed by atoms with E-state index in [0.717, 1.165) is 12.1 Å².